The molecule has 7 heteroatoms. The summed E-state index contributed by atoms with van der Waals surface area (Å²) in [5, 5.41) is 0. The number of aryl methyl sites for hydroxylation is 3. The minimum atomic E-state index is -4.29. The molecule has 1 aromatic heterocycles. The molecule has 106 valence electrons. The summed E-state index contributed by atoms with van der Waals surface area (Å²) in [5.74, 6) is -0.534. The van der Waals surface area contributed by atoms with Gasteiger partial charge in [-0.25, -0.2) is 14.4 Å². The Labute approximate surface area is 116 Å². The first kappa shape index (κ1) is 14.5. The second kappa shape index (κ2) is 5.64. The summed E-state index contributed by atoms with van der Waals surface area (Å²) in [7, 11) is -4.29. The highest BCUT2D eigenvalue weighted by atomic mass is 32.2. The van der Waals surface area contributed by atoms with Gasteiger partial charge in [0.15, 0.2) is 5.82 Å². The topological polar surface area (TPSA) is 80.2 Å². The molecule has 1 heterocycles. The van der Waals surface area contributed by atoms with Crippen molar-refractivity contribution in [3.63, 3.8) is 0 Å². The average Bonchev–Trinajstić information content (AvgIpc) is 2.36. The van der Waals surface area contributed by atoms with Gasteiger partial charge in [0.25, 0.3) is 10.1 Å². The van der Waals surface area contributed by atoms with Crippen LogP contribution in [0.1, 0.15) is 16.8 Å². The molecule has 0 aliphatic carbocycles. The Bertz CT molecular complexity index is 732. The van der Waals surface area contributed by atoms with Crippen LogP contribution in [0.5, 0.6) is 0 Å². The highest BCUT2D eigenvalue weighted by Crippen LogP contribution is 2.19. The predicted octanol–water partition coefficient (Wildman–Crippen LogP) is 1.96. The van der Waals surface area contributed by atoms with Gasteiger partial charge in [0.1, 0.15) is 6.33 Å². The van der Waals surface area contributed by atoms with Crippen LogP contribution >= 0.6 is 0 Å². The van der Waals surface area contributed by atoms with Gasteiger partial charge in [-0.2, -0.15) is 8.42 Å². The SMILES string of the molecule is Cc1ccc(S(=O)(=O)O)c(CCc2ncncc2F)c1. The Morgan fingerprint density at radius 2 is 2.05 bits per heavy atom. The predicted molar refractivity (Wildman–Crippen MR) is 70.4 cm³/mol. The minimum Gasteiger partial charge on any atom is -0.282 e. The molecule has 2 aromatic rings. The zero-order valence-corrected chi connectivity index (χ0v) is 11.6. The van der Waals surface area contributed by atoms with Gasteiger partial charge in [0.05, 0.1) is 16.8 Å². The van der Waals surface area contributed by atoms with Crippen molar-refractivity contribution in [2.24, 2.45) is 0 Å². The maximum Gasteiger partial charge on any atom is 0.294 e. The van der Waals surface area contributed by atoms with E-state index in [1.807, 2.05) is 6.92 Å². The van der Waals surface area contributed by atoms with Crippen LogP contribution < -0.4 is 0 Å². The van der Waals surface area contributed by atoms with Gasteiger partial charge in [0, 0.05) is 0 Å². The number of rotatable bonds is 4. The second-order valence-corrected chi connectivity index (χ2v) is 5.79. The number of hydrogen-bond donors (Lipinski definition) is 1. The molecule has 0 unspecified atom stereocenters. The van der Waals surface area contributed by atoms with Crippen LogP contribution in [0.15, 0.2) is 35.6 Å². The average molecular weight is 296 g/mol. The first-order chi connectivity index (χ1) is 9.38. The molecule has 5 nitrogen and oxygen atoms in total. The van der Waals surface area contributed by atoms with Crippen molar-refractivity contribution in [3.05, 3.63) is 53.4 Å². The number of nitrogens with zero attached hydrogens (tertiary/aromatic N) is 2. The fourth-order valence-electron chi connectivity index (χ4n) is 1.93. The fourth-order valence-corrected chi connectivity index (χ4v) is 2.66. The lowest BCUT2D eigenvalue weighted by Crippen LogP contribution is -2.06. The van der Waals surface area contributed by atoms with E-state index >= 15 is 0 Å². The van der Waals surface area contributed by atoms with Crippen LogP contribution in [0.2, 0.25) is 0 Å². The van der Waals surface area contributed by atoms with E-state index < -0.39 is 15.9 Å². The van der Waals surface area contributed by atoms with Gasteiger partial charge in [-0.05, 0) is 31.4 Å². The molecule has 1 aromatic carbocycles. The van der Waals surface area contributed by atoms with Gasteiger partial charge < -0.3 is 0 Å². The highest BCUT2D eigenvalue weighted by molar-refractivity contribution is 7.85. The Morgan fingerprint density at radius 3 is 2.70 bits per heavy atom. The van der Waals surface area contributed by atoms with Crippen molar-refractivity contribution in [2.75, 3.05) is 0 Å². The molecule has 0 radical (unpaired) electrons. The minimum absolute atomic E-state index is 0.155. The molecule has 0 saturated carbocycles. The summed E-state index contributed by atoms with van der Waals surface area (Å²) in [6.45, 7) is 1.81. The third-order valence-electron chi connectivity index (χ3n) is 2.87. The van der Waals surface area contributed by atoms with Gasteiger partial charge in [-0.1, -0.05) is 17.7 Å². The molecule has 0 aliphatic heterocycles. The van der Waals surface area contributed by atoms with Crippen molar-refractivity contribution < 1.29 is 17.4 Å². The highest BCUT2D eigenvalue weighted by Gasteiger charge is 2.16. The number of hydrogen-bond acceptors (Lipinski definition) is 4. The summed E-state index contributed by atoms with van der Waals surface area (Å²) in [6.07, 6.45) is 2.77. The lowest BCUT2D eigenvalue weighted by molar-refractivity contribution is 0.482. The molecule has 0 aliphatic rings. The molecule has 0 saturated heterocycles. The monoisotopic (exact) mass is 296 g/mol. The van der Waals surface area contributed by atoms with E-state index in [4.69, 9.17) is 0 Å². The van der Waals surface area contributed by atoms with Crippen molar-refractivity contribution in [3.8, 4) is 0 Å². The van der Waals surface area contributed by atoms with E-state index in [1.54, 1.807) is 12.1 Å². The maximum absolute atomic E-state index is 13.4. The first-order valence-corrected chi connectivity index (χ1v) is 7.33. The zero-order chi connectivity index (χ0) is 14.8. The third kappa shape index (κ3) is 3.37. The summed E-state index contributed by atoms with van der Waals surface area (Å²) >= 11 is 0. The molecule has 0 fully saturated rings. The van der Waals surface area contributed by atoms with Crippen LogP contribution in [-0.2, 0) is 23.0 Å². The van der Waals surface area contributed by atoms with Gasteiger partial charge in [-0.3, -0.25) is 4.55 Å². The van der Waals surface area contributed by atoms with Crippen molar-refractivity contribution in [1.82, 2.24) is 9.97 Å². The standard InChI is InChI=1S/C13H13FN2O3S/c1-9-2-5-13(20(17,18)19)10(6-9)3-4-12-11(14)7-15-8-16-12/h2,5-8H,3-4H2,1H3,(H,17,18,19). The fraction of sp³-hybridized carbons (Fsp3) is 0.231. The molecule has 1 N–H and O–H groups in total. The lowest BCUT2D eigenvalue weighted by Gasteiger charge is -2.08. The van der Waals surface area contributed by atoms with Crippen LogP contribution in [0.25, 0.3) is 0 Å². The number of aromatic nitrogens is 2. The van der Waals surface area contributed by atoms with Crippen molar-refractivity contribution in [1.29, 1.82) is 0 Å². The molecular weight excluding hydrogens is 283 g/mol. The van der Waals surface area contributed by atoms with E-state index in [0.29, 0.717) is 5.56 Å². The Kier molecular flexibility index (Phi) is 4.10. The van der Waals surface area contributed by atoms with Crippen LogP contribution in [0, 0.1) is 12.7 Å². The maximum atomic E-state index is 13.4. The summed E-state index contributed by atoms with van der Waals surface area (Å²) < 4.78 is 45.2. The quantitative estimate of drug-likeness (QED) is 0.872. The van der Waals surface area contributed by atoms with E-state index in [1.165, 1.54) is 12.4 Å². The Hall–Kier alpha value is -1.86. The van der Waals surface area contributed by atoms with E-state index in [-0.39, 0.29) is 23.4 Å². The van der Waals surface area contributed by atoms with Gasteiger partial charge >= 0.3 is 0 Å². The lowest BCUT2D eigenvalue weighted by atomic mass is 10.1. The van der Waals surface area contributed by atoms with Crippen LogP contribution in [0.4, 0.5) is 4.39 Å². The summed E-state index contributed by atoms with van der Waals surface area (Å²) in [6, 6.07) is 4.59. The van der Waals surface area contributed by atoms with Gasteiger partial charge in [-0.15, -0.1) is 0 Å². The summed E-state index contributed by atoms with van der Waals surface area (Å²) in [4.78, 5) is 7.20. The number of halogens is 1. The normalized spacial score (nSPS) is 11.6. The molecular formula is C13H13FN2O3S. The molecule has 0 bridgehead atoms. The first-order valence-electron chi connectivity index (χ1n) is 5.89. The smallest absolute Gasteiger partial charge is 0.282 e. The molecule has 0 spiro atoms. The molecule has 0 atom stereocenters. The van der Waals surface area contributed by atoms with Crippen LogP contribution in [0.3, 0.4) is 0 Å². The van der Waals surface area contributed by atoms with Crippen molar-refractivity contribution in [2.45, 2.75) is 24.7 Å². The van der Waals surface area contributed by atoms with Gasteiger partial charge in [0.2, 0.25) is 0 Å². The van der Waals surface area contributed by atoms with E-state index in [0.717, 1.165) is 11.8 Å². The summed E-state index contributed by atoms with van der Waals surface area (Å²) in [5.41, 5.74) is 1.50. The van der Waals surface area contributed by atoms with Crippen molar-refractivity contribution >= 4 is 10.1 Å². The Morgan fingerprint density at radius 1 is 1.30 bits per heavy atom. The molecule has 0 amide bonds. The van der Waals surface area contributed by atoms with Crippen LogP contribution in [-0.4, -0.2) is 22.9 Å². The number of benzene rings is 1. The molecule has 20 heavy (non-hydrogen) atoms. The zero-order valence-electron chi connectivity index (χ0n) is 10.7. The third-order valence-corrected chi connectivity index (χ3v) is 3.82. The molecule has 2 rings (SSSR count). The van der Waals surface area contributed by atoms with E-state index in [9.17, 15) is 17.4 Å². The van der Waals surface area contributed by atoms with E-state index in [2.05, 4.69) is 9.97 Å². The second-order valence-electron chi connectivity index (χ2n) is 4.40. The largest absolute Gasteiger partial charge is 0.294 e. The Balaban J connectivity index is 2.30.